The summed E-state index contributed by atoms with van der Waals surface area (Å²) in [5.74, 6) is 1.81. The smallest absolute Gasteiger partial charge is 0.222 e. The molecule has 0 aliphatic rings. The van der Waals surface area contributed by atoms with Gasteiger partial charge in [-0.3, -0.25) is 0 Å². The van der Waals surface area contributed by atoms with E-state index >= 15 is 0 Å². The molecule has 4 heteroatoms. The number of aliphatic hydroxyl groups is 1. The fraction of sp³-hybridized carbons (Fsp3) is 0.267. The van der Waals surface area contributed by atoms with Gasteiger partial charge < -0.3 is 14.6 Å². The molecule has 0 unspecified atom stereocenters. The van der Waals surface area contributed by atoms with E-state index in [1.54, 1.807) is 13.3 Å². The second kappa shape index (κ2) is 5.71. The first-order valence-corrected chi connectivity index (χ1v) is 6.03. The monoisotopic (exact) mass is 259 g/mol. The molecule has 2 aromatic rings. The lowest BCUT2D eigenvalue weighted by Crippen LogP contribution is -1.96. The van der Waals surface area contributed by atoms with Crippen LogP contribution in [0.5, 0.6) is 17.4 Å². The van der Waals surface area contributed by atoms with Crippen LogP contribution in [0, 0.1) is 13.8 Å². The molecule has 0 aliphatic carbocycles. The van der Waals surface area contributed by atoms with Crippen LogP contribution in [0.15, 0.2) is 30.5 Å². The molecule has 1 aromatic carbocycles. The molecule has 0 saturated carbocycles. The molecule has 4 nitrogen and oxygen atoms in total. The van der Waals surface area contributed by atoms with Crippen LogP contribution in [0.25, 0.3) is 0 Å². The molecule has 0 bridgehead atoms. The second-order valence-electron chi connectivity index (χ2n) is 4.38. The highest BCUT2D eigenvalue weighted by Gasteiger charge is 2.09. The quantitative estimate of drug-likeness (QED) is 0.917. The number of nitrogens with zero attached hydrogens (tertiary/aromatic N) is 1. The van der Waals surface area contributed by atoms with Crippen LogP contribution in [-0.2, 0) is 6.61 Å². The van der Waals surface area contributed by atoms with Gasteiger partial charge in [0.1, 0.15) is 0 Å². The number of hydrogen-bond acceptors (Lipinski definition) is 4. The van der Waals surface area contributed by atoms with Crippen LogP contribution in [0.3, 0.4) is 0 Å². The Morgan fingerprint density at radius 2 is 1.95 bits per heavy atom. The predicted molar refractivity (Wildman–Crippen MR) is 72.7 cm³/mol. The molecule has 2 rings (SSSR count). The van der Waals surface area contributed by atoms with Gasteiger partial charge in [-0.25, -0.2) is 4.98 Å². The second-order valence-corrected chi connectivity index (χ2v) is 4.38. The van der Waals surface area contributed by atoms with E-state index < -0.39 is 0 Å². The zero-order chi connectivity index (χ0) is 13.8. The van der Waals surface area contributed by atoms with E-state index in [0.29, 0.717) is 17.4 Å². The zero-order valence-electron chi connectivity index (χ0n) is 11.3. The Morgan fingerprint density at radius 3 is 2.58 bits per heavy atom. The summed E-state index contributed by atoms with van der Waals surface area (Å²) in [6, 6.07) is 7.57. The lowest BCUT2D eigenvalue weighted by Gasteiger charge is -2.12. The number of hydrogen-bond donors (Lipinski definition) is 1. The van der Waals surface area contributed by atoms with Crippen molar-refractivity contribution in [1.82, 2.24) is 4.98 Å². The third kappa shape index (κ3) is 3.03. The minimum atomic E-state index is -0.0258. The van der Waals surface area contributed by atoms with Gasteiger partial charge in [0.05, 0.1) is 13.7 Å². The minimum Gasteiger partial charge on any atom is -0.493 e. The van der Waals surface area contributed by atoms with Crippen molar-refractivity contribution in [2.24, 2.45) is 0 Å². The van der Waals surface area contributed by atoms with E-state index in [-0.39, 0.29) is 6.61 Å². The predicted octanol–water partition coefficient (Wildman–Crippen LogP) is 2.99. The molecule has 0 aliphatic heterocycles. The molecular formula is C15H17NO3. The van der Waals surface area contributed by atoms with Crippen LogP contribution in [0.4, 0.5) is 0 Å². The van der Waals surface area contributed by atoms with E-state index in [0.717, 1.165) is 16.7 Å². The van der Waals surface area contributed by atoms with Crippen molar-refractivity contribution >= 4 is 0 Å². The van der Waals surface area contributed by atoms with E-state index in [1.165, 1.54) is 0 Å². The van der Waals surface area contributed by atoms with Crippen molar-refractivity contribution in [3.63, 3.8) is 0 Å². The Morgan fingerprint density at radius 1 is 1.16 bits per heavy atom. The Bertz CT molecular complexity index is 582. The third-order valence-corrected chi connectivity index (χ3v) is 2.80. The molecule has 19 heavy (non-hydrogen) atoms. The largest absolute Gasteiger partial charge is 0.493 e. The number of pyridine rings is 1. The third-order valence-electron chi connectivity index (χ3n) is 2.80. The van der Waals surface area contributed by atoms with Gasteiger partial charge in [-0.05, 0) is 43.2 Å². The van der Waals surface area contributed by atoms with E-state index in [2.05, 4.69) is 4.98 Å². The number of aromatic nitrogens is 1. The fourth-order valence-corrected chi connectivity index (χ4v) is 1.78. The molecule has 100 valence electrons. The van der Waals surface area contributed by atoms with Crippen LogP contribution < -0.4 is 9.47 Å². The summed E-state index contributed by atoms with van der Waals surface area (Å²) in [6.45, 7) is 3.86. The Kier molecular flexibility index (Phi) is 4.02. The summed E-state index contributed by atoms with van der Waals surface area (Å²) in [5, 5.41) is 9.05. The Balaban J connectivity index is 2.31. The first-order valence-electron chi connectivity index (χ1n) is 6.03. The van der Waals surface area contributed by atoms with Gasteiger partial charge in [-0.1, -0.05) is 6.07 Å². The van der Waals surface area contributed by atoms with Gasteiger partial charge in [0.15, 0.2) is 11.5 Å². The number of aryl methyl sites for hydroxylation is 2. The Labute approximate surface area is 112 Å². The van der Waals surface area contributed by atoms with Crippen molar-refractivity contribution in [3.05, 3.63) is 47.2 Å². The van der Waals surface area contributed by atoms with Gasteiger partial charge in [0.2, 0.25) is 5.88 Å². The van der Waals surface area contributed by atoms with Crippen molar-refractivity contribution in [2.75, 3.05) is 7.11 Å². The van der Waals surface area contributed by atoms with E-state index in [1.807, 2.05) is 38.1 Å². The Hall–Kier alpha value is -2.07. The molecular weight excluding hydrogens is 242 g/mol. The number of rotatable bonds is 4. The molecule has 0 radical (unpaired) electrons. The lowest BCUT2D eigenvalue weighted by molar-refractivity contribution is 0.281. The fourth-order valence-electron chi connectivity index (χ4n) is 1.78. The molecule has 0 fully saturated rings. The van der Waals surface area contributed by atoms with Gasteiger partial charge in [-0.15, -0.1) is 0 Å². The summed E-state index contributed by atoms with van der Waals surface area (Å²) in [5.41, 5.74) is 2.74. The standard InChI is InChI=1S/C15H17NO3/c1-10-4-5-13(14(6-10)18-3)19-15-11(2)7-12(9-17)8-16-15/h4-8,17H,9H2,1-3H3. The highest BCUT2D eigenvalue weighted by molar-refractivity contribution is 5.45. The zero-order valence-corrected chi connectivity index (χ0v) is 11.3. The molecule has 0 amide bonds. The maximum atomic E-state index is 9.05. The first-order chi connectivity index (χ1) is 9.13. The molecule has 1 heterocycles. The first kappa shape index (κ1) is 13.4. The average Bonchev–Trinajstić information content (AvgIpc) is 2.42. The maximum Gasteiger partial charge on any atom is 0.222 e. The van der Waals surface area contributed by atoms with Crippen molar-refractivity contribution in [1.29, 1.82) is 0 Å². The topological polar surface area (TPSA) is 51.6 Å². The average molecular weight is 259 g/mol. The molecule has 0 spiro atoms. The highest BCUT2D eigenvalue weighted by Crippen LogP contribution is 2.32. The summed E-state index contributed by atoms with van der Waals surface area (Å²) in [6.07, 6.45) is 1.60. The van der Waals surface area contributed by atoms with Crippen molar-refractivity contribution in [2.45, 2.75) is 20.5 Å². The summed E-state index contributed by atoms with van der Waals surface area (Å²) in [4.78, 5) is 4.20. The van der Waals surface area contributed by atoms with Crippen LogP contribution >= 0.6 is 0 Å². The maximum absolute atomic E-state index is 9.05. The van der Waals surface area contributed by atoms with E-state index in [9.17, 15) is 0 Å². The van der Waals surface area contributed by atoms with Crippen LogP contribution in [0.2, 0.25) is 0 Å². The summed E-state index contributed by atoms with van der Waals surface area (Å²) in [7, 11) is 1.61. The van der Waals surface area contributed by atoms with Crippen LogP contribution in [0.1, 0.15) is 16.7 Å². The molecule has 1 N–H and O–H groups in total. The van der Waals surface area contributed by atoms with Gasteiger partial charge in [0, 0.05) is 11.8 Å². The number of methoxy groups -OCH3 is 1. The SMILES string of the molecule is COc1cc(C)ccc1Oc1ncc(CO)cc1C. The van der Waals surface area contributed by atoms with Crippen LogP contribution in [-0.4, -0.2) is 17.2 Å². The van der Waals surface area contributed by atoms with Gasteiger partial charge >= 0.3 is 0 Å². The number of benzene rings is 1. The minimum absolute atomic E-state index is 0.0258. The highest BCUT2D eigenvalue weighted by atomic mass is 16.5. The number of aliphatic hydroxyl groups excluding tert-OH is 1. The van der Waals surface area contributed by atoms with E-state index in [4.69, 9.17) is 14.6 Å². The van der Waals surface area contributed by atoms with Gasteiger partial charge in [-0.2, -0.15) is 0 Å². The normalized spacial score (nSPS) is 10.3. The van der Waals surface area contributed by atoms with Crippen molar-refractivity contribution in [3.8, 4) is 17.4 Å². The number of ether oxygens (including phenoxy) is 2. The van der Waals surface area contributed by atoms with Gasteiger partial charge in [0.25, 0.3) is 0 Å². The summed E-state index contributed by atoms with van der Waals surface area (Å²) >= 11 is 0. The molecule has 0 saturated heterocycles. The molecule has 0 atom stereocenters. The lowest BCUT2D eigenvalue weighted by atomic mass is 10.2. The van der Waals surface area contributed by atoms with Crippen molar-refractivity contribution < 1.29 is 14.6 Å². The molecule has 1 aromatic heterocycles. The summed E-state index contributed by atoms with van der Waals surface area (Å²) < 4.78 is 11.1.